The Hall–Kier alpha value is -2.14. The summed E-state index contributed by atoms with van der Waals surface area (Å²) in [6.45, 7) is 1.18. The van der Waals surface area contributed by atoms with Crippen molar-refractivity contribution in [2.24, 2.45) is 5.92 Å². The number of rotatable bonds is 7. The summed E-state index contributed by atoms with van der Waals surface area (Å²) in [5, 5.41) is 3.03. The van der Waals surface area contributed by atoms with Gasteiger partial charge in [-0.3, -0.25) is 9.52 Å². The first-order valence-electron chi connectivity index (χ1n) is 9.67. The summed E-state index contributed by atoms with van der Waals surface area (Å²) in [6.07, 6.45) is 2.27. The number of amides is 1. The summed E-state index contributed by atoms with van der Waals surface area (Å²) in [4.78, 5) is 12.8. The molecule has 1 aliphatic rings. The van der Waals surface area contributed by atoms with E-state index in [9.17, 15) is 21.6 Å². The van der Waals surface area contributed by atoms with E-state index < -0.39 is 20.0 Å². The van der Waals surface area contributed by atoms with Crippen molar-refractivity contribution in [3.05, 3.63) is 59.1 Å². The highest BCUT2D eigenvalue weighted by Crippen LogP contribution is 2.25. The van der Waals surface area contributed by atoms with E-state index in [1.165, 1.54) is 22.5 Å². The average molecular weight is 486 g/mol. The lowest BCUT2D eigenvalue weighted by Crippen LogP contribution is -2.41. The number of hydrogen-bond donors (Lipinski definition) is 2. The van der Waals surface area contributed by atoms with Crippen molar-refractivity contribution in [1.82, 2.24) is 9.62 Å². The SMILES string of the molecule is CS(=O)(=O)Nc1cc(C(=O)NCC2CCN(S(=O)(=O)c3ccccc3)CC2)ccc1Cl. The van der Waals surface area contributed by atoms with Gasteiger partial charge in [0.25, 0.3) is 5.91 Å². The lowest BCUT2D eigenvalue weighted by Gasteiger charge is -2.31. The van der Waals surface area contributed by atoms with Gasteiger partial charge in [0.05, 0.1) is 21.9 Å². The maximum absolute atomic E-state index is 12.7. The highest BCUT2D eigenvalue weighted by atomic mass is 35.5. The minimum absolute atomic E-state index is 0.135. The molecule has 1 aliphatic heterocycles. The molecule has 0 aliphatic carbocycles. The van der Waals surface area contributed by atoms with E-state index >= 15 is 0 Å². The number of carbonyl (C=O) groups is 1. The predicted molar refractivity (Wildman–Crippen MR) is 120 cm³/mol. The van der Waals surface area contributed by atoms with E-state index in [1.54, 1.807) is 30.3 Å². The number of sulfonamides is 2. The van der Waals surface area contributed by atoms with Crippen LogP contribution in [0.25, 0.3) is 0 Å². The monoisotopic (exact) mass is 485 g/mol. The first-order valence-corrected chi connectivity index (χ1v) is 13.4. The third kappa shape index (κ3) is 6.19. The summed E-state index contributed by atoms with van der Waals surface area (Å²) < 4.78 is 52.0. The minimum Gasteiger partial charge on any atom is -0.352 e. The number of nitrogens with one attached hydrogen (secondary N) is 2. The minimum atomic E-state index is -3.53. The van der Waals surface area contributed by atoms with Gasteiger partial charge in [0.15, 0.2) is 0 Å². The predicted octanol–water partition coefficient (Wildman–Crippen LogP) is 2.54. The quantitative estimate of drug-likeness (QED) is 0.625. The lowest BCUT2D eigenvalue weighted by molar-refractivity contribution is 0.0941. The van der Waals surface area contributed by atoms with E-state index in [-0.39, 0.29) is 33.0 Å². The Labute approximate surface area is 187 Å². The van der Waals surface area contributed by atoms with Crippen LogP contribution < -0.4 is 10.0 Å². The summed E-state index contributed by atoms with van der Waals surface area (Å²) >= 11 is 5.99. The van der Waals surface area contributed by atoms with Crippen molar-refractivity contribution < 1.29 is 21.6 Å². The molecule has 0 radical (unpaired) electrons. The summed E-state index contributed by atoms with van der Waals surface area (Å²) in [6, 6.07) is 12.7. The molecule has 1 saturated heterocycles. The topological polar surface area (TPSA) is 113 Å². The largest absolute Gasteiger partial charge is 0.352 e. The van der Waals surface area contributed by atoms with Crippen molar-refractivity contribution >= 4 is 43.2 Å². The van der Waals surface area contributed by atoms with Crippen LogP contribution in [0.15, 0.2) is 53.4 Å². The molecule has 0 saturated carbocycles. The number of benzene rings is 2. The van der Waals surface area contributed by atoms with Gasteiger partial charge >= 0.3 is 0 Å². The maximum Gasteiger partial charge on any atom is 0.251 e. The normalized spacial score (nSPS) is 16.1. The Balaban J connectivity index is 1.55. The number of nitrogens with zero attached hydrogens (tertiary/aromatic N) is 1. The smallest absolute Gasteiger partial charge is 0.251 e. The maximum atomic E-state index is 12.7. The van der Waals surface area contributed by atoms with E-state index in [4.69, 9.17) is 11.6 Å². The highest BCUT2D eigenvalue weighted by molar-refractivity contribution is 7.92. The van der Waals surface area contributed by atoms with E-state index in [2.05, 4.69) is 10.0 Å². The molecule has 0 bridgehead atoms. The molecular weight excluding hydrogens is 462 g/mol. The third-order valence-corrected chi connectivity index (χ3v) is 7.86. The van der Waals surface area contributed by atoms with E-state index in [0.29, 0.717) is 32.5 Å². The second-order valence-corrected chi connectivity index (χ2v) is 11.5. The Morgan fingerprint density at radius 1 is 1.06 bits per heavy atom. The van der Waals surface area contributed by atoms with Crippen LogP contribution >= 0.6 is 11.6 Å². The summed E-state index contributed by atoms with van der Waals surface area (Å²) in [5.74, 6) is -0.209. The van der Waals surface area contributed by atoms with Crippen LogP contribution in [0, 0.1) is 5.92 Å². The van der Waals surface area contributed by atoms with Crippen LogP contribution in [0.2, 0.25) is 5.02 Å². The number of anilines is 1. The molecule has 2 N–H and O–H groups in total. The molecule has 168 valence electrons. The first-order chi connectivity index (χ1) is 14.6. The Kier molecular flexibility index (Phi) is 7.25. The van der Waals surface area contributed by atoms with Crippen LogP contribution in [-0.2, 0) is 20.0 Å². The van der Waals surface area contributed by atoms with Gasteiger partial charge in [0.2, 0.25) is 20.0 Å². The zero-order valence-electron chi connectivity index (χ0n) is 16.9. The lowest BCUT2D eigenvalue weighted by atomic mass is 9.98. The molecule has 1 fully saturated rings. The molecule has 1 amide bonds. The molecule has 8 nitrogen and oxygen atoms in total. The molecule has 11 heteroatoms. The van der Waals surface area contributed by atoms with Gasteiger partial charge in [0, 0.05) is 25.2 Å². The Morgan fingerprint density at radius 3 is 2.32 bits per heavy atom. The van der Waals surface area contributed by atoms with Gasteiger partial charge in [-0.15, -0.1) is 0 Å². The highest BCUT2D eigenvalue weighted by Gasteiger charge is 2.29. The van der Waals surface area contributed by atoms with Crippen molar-refractivity contribution in [3.8, 4) is 0 Å². The van der Waals surface area contributed by atoms with Crippen LogP contribution in [0.5, 0.6) is 0 Å². The number of halogens is 1. The number of carbonyl (C=O) groups excluding carboxylic acids is 1. The molecule has 1 heterocycles. The molecular formula is C20H24ClN3O5S2. The van der Waals surface area contributed by atoms with Crippen LogP contribution in [0.4, 0.5) is 5.69 Å². The van der Waals surface area contributed by atoms with Crippen molar-refractivity contribution in [1.29, 1.82) is 0 Å². The zero-order chi connectivity index (χ0) is 22.6. The van der Waals surface area contributed by atoms with E-state index in [1.807, 2.05) is 0 Å². The fraction of sp³-hybridized carbons (Fsp3) is 0.350. The third-order valence-electron chi connectivity index (χ3n) is 5.03. The second kappa shape index (κ2) is 9.56. The van der Waals surface area contributed by atoms with Gasteiger partial charge < -0.3 is 5.32 Å². The van der Waals surface area contributed by atoms with Crippen molar-refractivity contribution in [2.75, 3.05) is 30.6 Å². The van der Waals surface area contributed by atoms with Crippen molar-refractivity contribution in [3.63, 3.8) is 0 Å². The van der Waals surface area contributed by atoms with Gasteiger partial charge in [-0.2, -0.15) is 4.31 Å². The molecule has 0 atom stereocenters. The van der Waals surface area contributed by atoms with Crippen LogP contribution in [0.1, 0.15) is 23.2 Å². The Morgan fingerprint density at radius 2 is 1.71 bits per heavy atom. The summed E-state index contributed by atoms with van der Waals surface area (Å²) in [5.41, 5.74) is 0.413. The molecule has 0 aromatic heterocycles. The molecule has 0 spiro atoms. The van der Waals surface area contributed by atoms with Gasteiger partial charge in [-0.1, -0.05) is 29.8 Å². The fourth-order valence-corrected chi connectivity index (χ4v) is 5.66. The van der Waals surface area contributed by atoms with Crippen molar-refractivity contribution in [2.45, 2.75) is 17.7 Å². The fourth-order valence-electron chi connectivity index (χ4n) is 3.38. The standard InChI is InChI=1S/C20H24ClN3O5S2/c1-30(26,27)23-19-13-16(7-8-18(19)21)20(25)22-14-15-9-11-24(12-10-15)31(28,29)17-5-3-2-4-6-17/h2-8,13,15,23H,9-12,14H2,1H3,(H,22,25). The molecule has 2 aromatic rings. The van der Waals surface area contributed by atoms with E-state index in [0.717, 1.165) is 6.26 Å². The average Bonchev–Trinajstić information content (AvgIpc) is 2.73. The summed E-state index contributed by atoms with van der Waals surface area (Å²) in [7, 11) is -7.04. The van der Waals surface area contributed by atoms with Gasteiger partial charge in [0.1, 0.15) is 0 Å². The molecule has 3 rings (SSSR count). The van der Waals surface area contributed by atoms with Crippen LogP contribution in [-0.4, -0.2) is 52.9 Å². The van der Waals surface area contributed by atoms with Gasteiger partial charge in [-0.05, 0) is 49.1 Å². The molecule has 2 aromatic carbocycles. The molecule has 0 unspecified atom stereocenters. The first kappa shape index (κ1) is 23.5. The second-order valence-electron chi connectivity index (χ2n) is 7.44. The molecule has 31 heavy (non-hydrogen) atoms. The number of hydrogen-bond acceptors (Lipinski definition) is 5. The number of piperidine rings is 1. The van der Waals surface area contributed by atoms with Gasteiger partial charge in [-0.25, -0.2) is 16.8 Å². The zero-order valence-corrected chi connectivity index (χ0v) is 19.3. The Bertz CT molecular complexity index is 1150. The van der Waals surface area contributed by atoms with Crippen LogP contribution in [0.3, 0.4) is 0 Å².